The summed E-state index contributed by atoms with van der Waals surface area (Å²) in [4.78, 5) is 42.0. The predicted molar refractivity (Wildman–Crippen MR) is 176 cm³/mol. The molecule has 0 atom stereocenters. The van der Waals surface area contributed by atoms with E-state index in [4.69, 9.17) is 9.97 Å². The summed E-state index contributed by atoms with van der Waals surface area (Å²) in [6, 6.07) is 35.7. The van der Waals surface area contributed by atoms with Gasteiger partial charge in [-0.2, -0.15) is 0 Å². The Kier molecular flexibility index (Phi) is 7.10. The number of nitrogens with zero attached hydrogens (tertiary/aromatic N) is 4. The lowest BCUT2D eigenvalue weighted by molar-refractivity contribution is 0.0536. The van der Waals surface area contributed by atoms with Crippen molar-refractivity contribution in [2.75, 3.05) is 26.2 Å². The molecule has 1 fully saturated rings. The summed E-state index contributed by atoms with van der Waals surface area (Å²) < 4.78 is 0. The second-order valence-electron chi connectivity index (χ2n) is 11.3. The van der Waals surface area contributed by atoms with Crippen molar-refractivity contribution >= 4 is 33.6 Å². The minimum Gasteiger partial charge on any atom is -0.335 e. The molecule has 0 aliphatic carbocycles. The molecule has 6 nitrogen and oxygen atoms in total. The standard InChI is InChI=1S/C38H32N4O2/c1-25-33(29-17-9-11-19-31(29)39-35(25)27-13-5-3-6-14-27)37(43)41-21-23-42(24-22-41)38(44)34-26(2)36(28-15-7-4-8-16-28)40-32-20-12-10-18-30(32)34/h3-20H,21-24H2,1-2H3. The van der Waals surface area contributed by atoms with Crippen LogP contribution in [-0.4, -0.2) is 57.8 Å². The first-order valence-electron chi connectivity index (χ1n) is 15.0. The smallest absolute Gasteiger partial charge is 0.255 e. The van der Waals surface area contributed by atoms with E-state index in [0.29, 0.717) is 37.3 Å². The third-order valence-electron chi connectivity index (χ3n) is 8.65. The molecule has 6 aromatic rings. The van der Waals surface area contributed by atoms with E-state index in [1.54, 1.807) is 0 Å². The van der Waals surface area contributed by atoms with Crippen LogP contribution < -0.4 is 0 Å². The van der Waals surface area contributed by atoms with Crippen molar-refractivity contribution in [3.05, 3.63) is 131 Å². The first-order chi connectivity index (χ1) is 21.5. The maximum Gasteiger partial charge on any atom is 0.255 e. The molecule has 0 unspecified atom stereocenters. The molecule has 1 aliphatic rings. The Bertz CT molecular complexity index is 1880. The number of para-hydroxylation sites is 2. The highest BCUT2D eigenvalue weighted by molar-refractivity contribution is 6.10. The van der Waals surface area contributed by atoms with Crippen molar-refractivity contribution in [3.8, 4) is 22.5 Å². The van der Waals surface area contributed by atoms with Crippen molar-refractivity contribution in [2.45, 2.75) is 13.8 Å². The molecule has 0 saturated carbocycles. The van der Waals surface area contributed by atoms with Crippen LogP contribution in [0.25, 0.3) is 44.3 Å². The van der Waals surface area contributed by atoms with E-state index in [9.17, 15) is 9.59 Å². The Balaban J connectivity index is 1.19. The van der Waals surface area contributed by atoms with Crippen molar-refractivity contribution in [1.82, 2.24) is 19.8 Å². The average Bonchev–Trinajstić information content (AvgIpc) is 3.08. The van der Waals surface area contributed by atoms with Gasteiger partial charge < -0.3 is 9.80 Å². The number of pyridine rings is 2. The summed E-state index contributed by atoms with van der Waals surface area (Å²) in [5, 5.41) is 1.70. The number of amides is 2. The van der Waals surface area contributed by atoms with Crippen LogP contribution in [0.1, 0.15) is 31.8 Å². The number of piperazine rings is 1. The molecule has 2 amide bonds. The van der Waals surface area contributed by atoms with Crippen molar-refractivity contribution < 1.29 is 9.59 Å². The quantitative estimate of drug-likeness (QED) is 0.220. The number of hydrogen-bond donors (Lipinski definition) is 0. The van der Waals surface area contributed by atoms with Gasteiger partial charge in [-0.3, -0.25) is 9.59 Å². The molecular formula is C38H32N4O2. The van der Waals surface area contributed by atoms with E-state index in [1.165, 1.54) is 0 Å². The molecular weight excluding hydrogens is 544 g/mol. The van der Waals surface area contributed by atoms with E-state index < -0.39 is 0 Å². The zero-order valence-corrected chi connectivity index (χ0v) is 24.8. The average molecular weight is 577 g/mol. The zero-order valence-electron chi connectivity index (χ0n) is 24.8. The Morgan fingerprint density at radius 3 is 1.23 bits per heavy atom. The van der Waals surface area contributed by atoms with Crippen molar-refractivity contribution in [1.29, 1.82) is 0 Å². The Labute approximate surface area is 256 Å². The SMILES string of the molecule is Cc1c(-c2ccccc2)nc2ccccc2c1C(=O)N1CCN(C(=O)c2c(C)c(-c3ccccc3)nc3ccccc23)CC1. The number of aromatic nitrogens is 2. The van der Waals surface area contributed by atoms with Gasteiger partial charge in [-0.25, -0.2) is 9.97 Å². The van der Waals surface area contributed by atoms with Gasteiger partial charge >= 0.3 is 0 Å². The summed E-state index contributed by atoms with van der Waals surface area (Å²) in [5.74, 6) is -0.0513. The molecule has 4 aromatic carbocycles. The van der Waals surface area contributed by atoms with Crippen LogP contribution >= 0.6 is 0 Å². The molecule has 1 aliphatic heterocycles. The molecule has 6 heteroatoms. The van der Waals surface area contributed by atoms with Gasteiger partial charge in [0.2, 0.25) is 0 Å². The second kappa shape index (κ2) is 11.4. The van der Waals surface area contributed by atoms with Crippen LogP contribution in [0.3, 0.4) is 0 Å². The fraction of sp³-hybridized carbons (Fsp3) is 0.158. The second-order valence-corrected chi connectivity index (χ2v) is 11.3. The van der Waals surface area contributed by atoms with Crippen molar-refractivity contribution in [3.63, 3.8) is 0 Å². The maximum absolute atomic E-state index is 14.2. The van der Waals surface area contributed by atoms with E-state index in [-0.39, 0.29) is 11.8 Å². The summed E-state index contributed by atoms with van der Waals surface area (Å²) in [6.45, 7) is 5.78. The summed E-state index contributed by atoms with van der Waals surface area (Å²) in [7, 11) is 0. The lowest BCUT2D eigenvalue weighted by Crippen LogP contribution is -2.51. The number of carbonyl (C=O) groups excluding carboxylic acids is 2. The van der Waals surface area contributed by atoms with E-state index in [1.807, 2.05) is 133 Å². The fourth-order valence-electron chi connectivity index (χ4n) is 6.35. The maximum atomic E-state index is 14.2. The number of carbonyl (C=O) groups is 2. The van der Waals surface area contributed by atoms with Crippen LogP contribution in [0.2, 0.25) is 0 Å². The third-order valence-corrected chi connectivity index (χ3v) is 8.65. The van der Waals surface area contributed by atoms with Gasteiger partial charge in [0.25, 0.3) is 11.8 Å². The lowest BCUT2D eigenvalue weighted by atomic mass is 9.96. The first-order valence-corrected chi connectivity index (χ1v) is 15.0. The molecule has 1 saturated heterocycles. The Hall–Kier alpha value is -5.36. The molecule has 7 rings (SSSR count). The normalized spacial score (nSPS) is 13.4. The Morgan fingerprint density at radius 2 is 0.841 bits per heavy atom. The number of hydrogen-bond acceptors (Lipinski definition) is 4. The van der Waals surface area contributed by atoms with Gasteiger partial charge in [0, 0.05) is 48.1 Å². The summed E-state index contributed by atoms with van der Waals surface area (Å²) in [6.07, 6.45) is 0. The fourth-order valence-corrected chi connectivity index (χ4v) is 6.35. The van der Waals surface area contributed by atoms with Gasteiger partial charge in [0.1, 0.15) is 0 Å². The molecule has 0 spiro atoms. The van der Waals surface area contributed by atoms with E-state index in [2.05, 4.69) is 0 Å². The first kappa shape index (κ1) is 27.5. The van der Waals surface area contributed by atoms with Crippen LogP contribution in [-0.2, 0) is 0 Å². The number of fused-ring (bicyclic) bond motifs is 2. The minimum absolute atomic E-state index is 0.0257. The van der Waals surface area contributed by atoms with Gasteiger partial charge in [-0.15, -0.1) is 0 Å². The molecule has 3 heterocycles. The highest BCUT2D eigenvalue weighted by Gasteiger charge is 2.30. The zero-order chi connectivity index (χ0) is 30.2. The lowest BCUT2D eigenvalue weighted by Gasteiger charge is -2.36. The number of benzene rings is 4. The summed E-state index contributed by atoms with van der Waals surface area (Å²) in [5.41, 5.74) is 8.27. The highest BCUT2D eigenvalue weighted by Crippen LogP contribution is 2.33. The summed E-state index contributed by atoms with van der Waals surface area (Å²) >= 11 is 0. The van der Waals surface area contributed by atoms with E-state index >= 15 is 0 Å². The van der Waals surface area contributed by atoms with E-state index in [0.717, 1.165) is 55.4 Å². The van der Waals surface area contributed by atoms with Crippen LogP contribution in [0.5, 0.6) is 0 Å². The van der Waals surface area contributed by atoms with Gasteiger partial charge in [-0.1, -0.05) is 97.1 Å². The van der Waals surface area contributed by atoms with Gasteiger partial charge in [0.05, 0.1) is 33.5 Å². The molecule has 216 valence electrons. The molecule has 0 radical (unpaired) electrons. The predicted octanol–water partition coefficient (Wildman–Crippen LogP) is 7.33. The monoisotopic (exact) mass is 576 g/mol. The van der Waals surface area contributed by atoms with Crippen LogP contribution in [0, 0.1) is 13.8 Å². The minimum atomic E-state index is -0.0257. The topological polar surface area (TPSA) is 66.4 Å². The largest absolute Gasteiger partial charge is 0.335 e. The van der Waals surface area contributed by atoms with Crippen LogP contribution in [0.15, 0.2) is 109 Å². The van der Waals surface area contributed by atoms with Crippen LogP contribution in [0.4, 0.5) is 0 Å². The van der Waals surface area contributed by atoms with Gasteiger partial charge in [0.15, 0.2) is 0 Å². The Morgan fingerprint density at radius 1 is 0.500 bits per heavy atom. The molecule has 44 heavy (non-hydrogen) atoms. The van der Waals surface area contributed by atoms with Gasteiger partial charge in [-0.05, 0) is 37.1 Å². The molecule has 0 N–H and O–H groups in total. The third kappa shape index (κ3) is 4.78. The molecule has 0 bridgehead atoms. The van der Waals surface area contributed by atoms with Crippen molar-refractivity contribution in [2.24, 2.45) is 0 Å². The molecule has 2 aromatic heterocycles. The highest BCUT2D eigenvalue weighted by atomic mass is 16.2. The number of rotatable bonds is 4.